The standard InChI is InChI=1S/C9H8BrN3O/c1-14-6-4-2-3-5-7(6)12-9(10)13-8(5)11/h2-4H,1H3,(H2,11,12,13). The quantitative estimate of drug-likeness (QED) is 0.790. The summed E-state index contributed by atoms with van der Waals surface area (Å²) in [6.07, 6.45) is 0. The van der Waals surface area contributed by atoms with E-state index in [1.54, 1.807) is 7.11 Å². The van der Waals surface area contributed by atoms with Crippen molar-refractivity contribution in [3.8, 4) is 5.75 Å². The van der Waals surface area contributed by atoms with Gasteiger partial charge in [-0.1, -0.05) is 6.07 Å². The van der Waals surface area contributed by atoms with Gasteiger partial charge < -0.3 is 10.5 Å². The Hall–Kier alpha value is -1.36. The van der Waals surface area contributed by atoms with Crippen LogP contribution in [0.3, 0.4) is 0 Å². The van der Waals surface area contributed by atoms with Crippen molar-refractivity contribution in [2.24, 2.45) is 0 Å². The largest absolute Gasteiger partial charge is 0.494 e. The lowest BCUT2D eigenvalue weighted by Crippen LogP contribution is -1.96. The van der Waals surface area contributed by atoms with Gasteiger partial charge in [-0.15, -0.1) is 0 Å². The highest BCUT2D eigenvalue weighted by Gasteiger charge is 2.07. The highest BCUT2D eigenvalue weighted by molar-refractivity contribution is 9.10. The first-order valence-corrected chi connectivity index (χ1v) is 4.77. The van der Waals surface area contributed by atoms with Crippen LogP contribution in [-0.2, 0) is 0 Å². The van der Waals surface area contributed by atoms with Gasteiger partial charge in [-0.3, -0.25) is 0 Å². The smallest absolute Gasteiger partial charge is 0.199 e. The van der Waals surface area contributed by atoms with Gasteiger partial charge >= 0.3 is 0 Å². The summed E-state index contributed by atoms with van der Waals surface area (Å²) >= 11 is 3.19. The van der Waals surface area contributed by atoms with Gasteiger partial charge in [0.15, 0.2) is 4.73 Å². The number of nitrogen functional groups attached to an aromatic ring is 1. The fraction of sp³-hybridized carbons (Fsp3) is 0.111. The molecule has 4 nitrogen and oxygen atoms in total. The van der Waals surface area contributed by atoms with Crippen LogP contribution in [0, 0.1) is 0 Å². The molecule has 72 valence electrons. The molecule has 0 fully saturated rings. The summed E-state index contributed by atoms with van der Waals surface area (Å²) < 4.78 is 5.64. The molecule has 0 aliphatic heterocycles. The summed E-state index contributed by atoms with van der Waals surface area (Å²) in [5.41, 5.74) is 6.46. The van der Waals surface area contributed by atoms with E-state index in [0.29, 0.717) is 16.3 Å². The van der Waals surface area contributed by atoms with Crippen molar-refractivity contribution in [2.75, 3.05) is 12.8 Å². The van der Waals surface area contributed by atoms with Crippen LogP contribution in [0.25, 0.3) is 10.9 Å². The lowest BCUT2D eigenvalue weighted by molar-refractivity contribution is 0.419. The predicted molar refractivity (Wildman–Crippen MR) is 58.2 cm³/mol. The SMILES string of the molecule is COc1cccc2c(N)nc(Br)nc12. The summed E-state index contributed by atoms with van der Waals surface area (Å²) in [4.78, 5) is 8.21. The second kappa shape index (κ2) is 3.42. The van der Waals surface area contributed by atoms with E-state index in [2.05, 4.69) is 25.9 Å². The third-order valence-electron chi connectivity index (χ3n) is 1.91. The van der Waals surface area contributed by atoms with E-state index in [-0.39, 0.29) is 0 Å². The number of ether oxygens (including phenoxy) is 1. The number of benzene rings is 1. The van der Waals surface area contributed by atoms with Crippen LogP contribution in [0.1, 0.15) is 0 Å². The minimum Gasteiger partial charge on any atom is -0.494 e. The van der Waals surface area contributed by atoms with Gasteiger partial charge in [-0.25, -0.2) is 9.97 Å². The van der Waals surface area contributed by atoms with Gasteiger partial charge in [-0.2, -0.15) is 0 Å². The van der Waals surface area contributed by atoms with Gasteiger partial charge in [0.2, 0.25) is 0 Å². The number of anilines is 1. The third kappa shape index (κ3) is 1.39. The molecule has 1 aromatic carbocycles. The average Bonchev–Trinajstić information content (AvgIpc) is 2.17. The first-order chi connectivity index (χ1) is 6.72. The van der Waals surface area contributed by atoms with E-state index < -0.39 is 0 Å². The molecule has 1 aromatic heterocycles. The number of aromatic nitrogens is 2. The molecular formula is C9H8BrN3O. The number of hydrogen-bond donors (Lipinski definition) is 1. The molecular weight excluding hydrogens is 246 g/mol. The highest BCUT2D eigenvalue weighted by Crippen LogP contribution is 2.27. The molecule has 0 atom stereocenters. The van der Waals surface area contributed by atoms with Crippen LogP contribution >= 0.6 is 15.9 Å². The second-order valence-electron chi connectivity index (χ2n) is 2.73. The van der Waals surface area contributed by atoms with Crippen molar-refractivity contribution in [1.82, 2.24) is 9.97 Å². The van der Waals surface area contributed by atoms with Crippen LogP contribution < -0.4 is 10.5 Å². The average molecular weight is 254 g/mol. The first kappa shape index (κ1) is 9.21. The number of methoxy groups -OCH3 is 1. The van der Waals surface area contributed by atoms with Gasteiger partial charge in [0, 0.05) is 5.39 Å². The van der Waals surface area contributed by atoms with Crippen LogP contribution in [0.5, 0.6) is 5.75 Å². The van der Waals surface area contributed by atoms with E-state index in [1.807, 2.05) is 18.2 Å². The van der Waals surface area contributed by atoms with E-state index >= 15 is 0 Å². The number of hydrogen-bond acceptors (Lipinski definition) is 4. The van der Waals surface area contributed by atoms with E-state index in [1.165, 1.54) is 0 Å². The van der Waals surface area contributed by atoms with Crippen molar-refractivity contribution in [3.63, 3.8) is 0 Å². The molecule has 1 heterocycles. The number of nitrogens with two attached hydrogens (primary N) is 1. The molecule has 14 heavy (non-hydrogen) atoms. The topological polar surface area (TPSA) is 61.0 Å². The fourth-order valence-electron chi connectivity index (χ4n) is 1.29. The predicted octanol–water partition coefficient (Wildman–Crippen LogP) is 1.98. The maximum Gasteiger partial charge on any atom is 0.199 e. The van der Waals surface area contributed by atoms with Gasteiger partial charge in [0.1, 0.15) is 17.1 Å². The number of rotatable bonds is 1. The normalized spacial score (nSPS) is 10.4. The van der Waals surface area contributed by atoms with E-state index in [0.717, 1.165) is 10.9 Å². The Morgan fingerprint density at radius 3 is 2.86 bits per heavy atom. The molecule has 0 spiro atoms. The number of nitrogens with zero attached hydrogens (tertiary/aromatic N) is 2. The second-order valence-corrected chi connectivity index (χ2v) is 3.44. The highest BCUT2D eigenvalue weighted by atomic mass is 79.9. The molecule has 2 aromatic rings. The van der Waals surface area contributed by atoms with Gasteiger partial charge in [-0.05, 0) is 28.1 Å². The number of para-hydroxylation sites is 1. The number of fused-ring (bicyclic) bond motifs is 1. The van der Waals surface area contributed by atoms with E-state index in [9.17, 15) is 0 Å². The Labute approximate surface area is 89.2 Å². The molecule has 0 radical (unpaired) electrons. The minimum absolute atomic E-state index is 0.445. The van der Waals surface area contributed by atoms with Crippen molar-refractivity contribution in [2.45, 2.75) is 0 Å². The molecule has 0 aliphatic carbocycles. The Bertz CT molecular complexity index is 487. The molecule has 0 aliphatic rings. The summed E-state index contributed by atoms with van der Waals surface area (Å²) in [6.45, 7) is 0. The van der Waals surface area contributed by atoms with Crippen LogP contribution in [0.15, 0.2) is 22.9 Å². The first-order valence-electron chi connectivity index (χ1n) is 3.98. The van der Waals surface area contributed by atoms with Crippen LogP contribution in [0.4, 0.5) is 5.82 Å². The molecule has 2 rings (SSSR count). The molecule has 0 saturated heterocycles. The molecule has 0 amide bonds. The maximum atomic E-state index is 5.74. The Kier molecular flexibility index (Phi) is 2.25. The summed E-state index contributed by atoms with van der Waals surface area (Å²) in [6, 6.07) is 5.55. The third-order valence-corrected chi connectivity index (χ3v) is 2.27. The van der Waals surface area contributed by atoms with Crippen LogP contribution in [-0.4, -0.2) is 17.1 Å². The monoisotopic (exact) mass is 253 g/mol. The fourth-order valence-corrected chi connectivity index (χ4v) is 1.65. The zero-order valence-corrected chi connectivity index (χ0v) is 9.08. The summed E-state index contributed by atoms with van der Waals surface area (Å²) in [5, 5.41) is 0.799. The maximum absolute atomic E-state index is 5.74. The lowest BCUT2D eigenvalue weighted by atomic mass is 10.2. The minimum atomic E-state index is 0.445. The van der Waals surface area contributed by atoms with Gasteiger partial charge in [0.05, 0.1) is 7.11 Å². The summed E-state index contributed by atoms with van der Waals surface area (Å²) in [7, 11) is 1.60. The van der Waals surface area contributed by atoms with Crippen molar-refractivity contribution < 1.29 is 4.74 Å². The van der Waals surface area contributed by atoms with Gasteiger partial charge in [0.25, 0.3) is 0 Å². The van der Waals surface area contributed by atoms with E-state index in [4.69, 9.17) is 10.5 Å². The Morgan fingerprint density at radius 1 is 1.36 bits per heavy atom. The zero-order chi connectivity index (χ0) is 10.1. The molecule has 2 N–H and O–H groups in total. The zero-order valence-electron chi connectivity index (χ0n) is 7.49. The molecule has 0 unspecified atom stereocenters. The summed E-state index contributed by atoms with van der Waals surface area (Å²) in [5.74, 6) is 1.14. The Balaban J connectivity index is 2.86. The molecule has 5 heteroatoms. The molecule has 0 saturated carbocycles. The lowest BCUT2D eigenvalue weighted by Gasteiger charge is -2.05. The van der Waals surface area contributed by atoms with Crippen LogP contribution in [0.2, 0.25) is 0 Å². The van der Waals surface area contributed by atoms with Crippen molar-refractivity contribution >= 4 is 32.7 Å². The Morgan fingerprint density at radius 2 is 2.14 bits per heavy atom. The number of halogens is 1. The van der Waals surface area contributed by atoms with Crippen molar-refractivity contribution in [3.05, 3.63) is 22.9 Å². The molecule has 0 bridgehead atoms. The van der Waals surface area contributed by atoms with Crippen molar-refractivity contribution in [1.29, 1.82) is 0 Å².